The molecule has 1 saturated heterocycles. The topological polar surface area (TPSA) is 89.5 Å². The molecule has 2 heterocycles. The second kappa shape index (κ2) is 14.5. The fraction of sp³-hybridized carbons (Fsp3) is 0.342. The fourth-order valence-corrected chi connectivity index (χ4v) is 6.37. The third-order valence-corrected chi connectivity index (χ3v) is 8.83. The van der Waals surface area contributed by atoms with E-state index in [0.717, 1.165) is 77.4 Å². The Labute approximate surface area is 270 Å². The number of methoxy groups -OCH3 is 2. The predicted octanol–water partition coefficient (Wildman–Crippen LogP) is 6.10. The normalized spacial score (nSPS) is 19.7. The van der Waals surface area contributed by atoms with Crippen LogP contribution in [0.25, 0.3) is 11.1 Å². The third kappa shape index (κ3) is 7.43. The number of hydrogen-bond acceptors (Lipinski definition) is 7. The van der Waals surface area contributed by atoms with Crippen LogP contribution >= 0.6 is 0 Å². The first kappa shape index (κ1) is 31.8. The highest BCUT2D eigenvalue weighted by Gasteiger charge is 2.34. The molecule has 0 aliphatic carbocycles. The van der Waals surface area contributed by atoms with E-state index in [1.54, 1.807) is 14.2 Å². The predicted molar refractivity (Wildman–Crippen MR) is 176 cm³/mol. The van der Waals surface area contributed by atoms with Gasteiger partial charge in [0.05, 0.1) is 33.0 Å². The van der Waals surface area contributed by atoms with E-state index in [9.17, 15) is 9.90 Å². The summed E-state index contributed by atoms with van der Waals surface area (Å²) in [4.78, 5) is 13.9. The summed E-state index contributed by atoms with van der Waals surface area (Å²) in [7, 11) is 3.35. The molecule has 8 nitrogen and oxygen atoms in total. The molecule has 0 saturated carbocycles. The first-order chi connectivity index (χ1) is 22.4. The van der Waals surface area contributed by atoms with E-state index < -0.39 is 6.29 Å². The number of aliphatic hydroxyl groups is 1. The SMILES string of the molecule is COc1cc2c(cc1OC)CN(C[C@@H]1C[C@H](c3ccc(CO)cc3)O[C@H](c3cccc(-c4cccc(CNC(C)=O)c4)c3)O1)CC2. The van der Waals surface area contributed by atoms with Crippen molar-refractivity contribution in [2.24, 2.45) is 0 Å². The number of aliphatic hydroxyl groups excluding tert-OH is 1. The second-order valence-corrected chi connectivity index (χ2v) is 12.0. The van der Waals surface area contributed by atoms with Crippen LogP contribution < -0.4 is 14.8 Å². The number of carbonyl (C=O) groups excluding carboxylic acids is 1. The van der Waals surface area contributed by atoms with Gasteiger partial charge in [-0.15, -0.1) is 0 Å². The molecule has 6 rings (SSSR count). The van der Waals surface area contributed by atoms with Crippen LogP contribution in [0.4, 0.5) is 0 Å². The van der Waals surface area contributed by atoms with Gasteiger partial charge in [0.25, 0.3) is 0 Å². The summed E-state index contributed by atoms with van der Waals surface area (Å²) < 4.78 is 24.5. The molecule has 0 radical (unpaired) electrons. The summed E-state index contributed by atoms with van der Waals surface area (Å²) in [5.74, 6) is 1.46. The minimum absolute atomic E-state index is 0.00602. The van der Waals surface area contributed by atoms with Crippen molar-refractivity contribution in [2.75, 3.05) is 27.3 Å². The van der Waals surface area contributed by atoms with E-state index in [1.165, 1.54) is 18.1 Å². The van der Waals surface area contributed by atoms with Crippen molar-refractivity contribution in [3.63, 3.8) is 0 Å². The molecule has 4 aromatic rings. The highest BCUT2D eigenvalue weighted by atomic mass is 16.7. The summed E-state index contributed by atoms with van der Waals surface area (Å²) in [6, 6.07) is 28.7. The van der Waals surface area contributed by atoms with Gasteiger partial charge in [0.15, 0.2) is 17.8 Å². The van der Waals surface area contributed by atoms with Gasteiger partial charge in [0, 0.05) is 45.1 Å². The van der Waals surface area contributed by atoms with Crippen LogP contribution in [-0.2, 0) is 40.4 Å². The van der Waals surface area contributed by atoms with E-state index in [4.69, 9.17) is 18.9 Å². The first-order valence-electron chi connectivity index (χ1n) is 15.8. The molecule has 3 atom stereocenters. The molecule has 1 fully saturated rings. The molecule has 2 N–H and O–H groups in total. The Morgan fingerprint density at radius 2 is 1.59 bits per heavy atom. The van der Waals surface area contributed by atoms with Gasteiger partial charge in [-0.1, -0.05) is 60.7 Å². The number of hydrogen-bond donors (Lipinski definition) is 2. The molecule has 240 valence electrons. The second-order valence-electron chi connectivity index (χ2n) is 12.0. The fourth-order valence-electron chi connectivity index (χ4n) is 6.37. The molecule has 2 aliphatic rings. The maximum absolute atomic E-state index is 11.4. The van der Waals surface area contributed by atoms with Gasteiger partial charge in [0.2, 0.25) is 5.91 Å². The van der Waals surface area contributed by atoms with Crippen molar-refractivity contribution in [2.45, 2.75) is 58.0 Å². The number of carbonyl (C=O) groups is 1. The number of ether oxygens (including phenoxy) is 4. The minimum Gasteiger partial charge on any atom is -0.493 e. The molecule has 0 bridgehead atoms. The zero-order valence-corrected chi connectivity index (χ0v) is 26.7. The molecule has 4 aromatic carbocycles. The third-order valence-electron chi connectivity index (χ3n) is 8.83. The molecule has 0 unspecified atom stereocenters. The van der Waals surface area contributed by atoms with Crippen LogP contribution in [0.5, 0.6) is 11.5 Å². The van der Waals surface area contributed by atoms with Crippen molar-refractivity contribution in [3.05, 3.63) is 118 Å². The Balaban J connectivity index is 1.24. The molecule has 46 heavy (non-hydrogen) atoms. The lowest BCUT2D eigenvalue weighted by Crippen LogP contribution is -2.41. The van der Waals surface area contributed by atoms with Gasteiger partial charge in [-0.25, -0.2) is 0 Å². The minimum atomic E-state index is -0.551. The Hall–Kier alpha value is -4.21. The number of rotatable bonds is 10. The van der Waals surface area contributed by atoms with E-state index in [1.807, 2.05) is 42.5 Å². The van der Waals surface area contributed by atoms with Crippen molar-refractivity contribution in [3.8, 4) is 22.6 Å². The lowest BCUT2D eigenvalue weighted by atomic mass is 9.96. The maximum Gasteiger partial charge on any atom is 0.217 e. The van der Waals surface area contributed by atoms with Gasteiger partial charge in [0.1, 0.15) is 0 Å². The summed E-state index contributed by atoms with van der Waals surface area (Å²) in [5, 5.41) is 12.5. The van der Waals surface area contributed by atoms with E-state index >= 15 is 0 Å². The summed E-state index contributed by atoms with van der Waals surface area (Å²) in [6.07, 6.45) is 0.868. The number of benzene rings is 4. The van der Waals surface area contributed by atoms with Crippen molar-refractivity contribution < 1.29 is 28.8 Å². The Morgan fingerprint density at radius 1 is 0.870 bits per heavy atom. The average Bonchev–Trinajstić information content (AvgIpc) is 3.10. The Kier molecular flexibility index (Phi) is 10.00. The molecule has 1 amide bonds. The summed E-state index contributed by atoms with van der Waals surface area (Å²) >= 11 is 0. The zero-order valence-electron chi connectivity index (χ0n) is 26.7. The number of amides is 1. The molecular weight excluding hydrogens is 580 g/mol. The smallest absolute Gasteiger partial charge is 0.217 e. The highest BCUT2D eigenvalue weighted by molar-refractivity contribution is 5.73. The Bertz CT molecular complexity index is 1660. The average molecular weight is 623 g/mol. The van der Waals surface area contributed by atoms with Crippen LogP contribution in [0.2, 0.25) is 0 Å². The van der Waals surface area contributed by atoms with Gasteiger partial charge in [-0.05, 0) is 69.6 Å². The van der Waals surface area contributed by atoms with Crippen molar-refractivity contribution >= 4 is 5.91 Å². The lowest BCUT2D eigenvalue weighted by molar-refractivity contribution is -0.253. The molecular formula is C38H42N2O6. The standard InChI is InChI=1S/C38H42N2O6/c1-25(42)39-21-27-6-4-7-29(16-27)30-8-5-9-32(17-30)38-45-34(20-35(46-38)28-12-10-26(24-41)11-13-28)23-40-15-14-31-18-36(43-2)37(44-3)19-33(31)22-40/h4-13,16-19,34-35,38,41H,14-15,20-24H2,1-3H3,(H,39,42)/t34-,35+,38+/m0/s1. The van der Waals surface area contributed by atoms with Crippen LogP contribution in [-0.4, -0.2) is 49.3 Å². The summed E-state index contributed by atoms with van der Waals surface area (Å²) in [5.41, 5.74) is 8.58. The van der Waals surface area contributed by atoms with E-state index in [2.05, 4.69) is 52.7 Å². The van der Waals surface area contributed by atoms with Gasteiger partial charge < -0.3 is 29.4 Å². The van der Waals surface area contributed by atoms with E-state index in [0.29, 0.717) is 6.54 Å². The molecule has 0 aromatic heterocycles. The molecule has 2 aliphatic heterocycles. The highest BCUT2D eigenvalue weighted by Crippen LogP contribution is 2.40. The van der Waals surface area contributed by atoms with Crippen molar-refractivity contribution in [1.29, 1.82) is 0 Å². The van der Waals surface area contributed by atoms with Gasteiger partial charge in [-0.2, -0.15) is 0 Å². The van der Waals surface area contributed by atoms with Crippen LogP contribution in [0, 0.1) is 0 Å². The number of fused-ring (bicyclic) bond motifs is 1. The number of nitrogens with one attached hydrogen (secondary N) is 1. The van der Waals surface area contributed by atoms with Crippen LogP contribution in [0.15, 0.2) is 84.9 Å². The molecule has 0 spiro atoms. The van der Waals surface area contributed by atoms with E-state index in [-0.39, 0.29) is 24.7 Å². The number of nitrogens with zero attached hydrogens (tertiary/aromatic N) is 1. The zero-order chi connectivity index (χ0) is 32.0. The van der Waals surface area contributed by atoms with Crippen molar-refractivity contribution in [1.82, 2.24) is 10.2 Å². The van der Waals surface area contributed by atoms with Gasteiger partial charge in [-0.3, -0.25) is 9.69 Å². The first-order valence-corrected chi connectivity index (χ1v) is 15.8. The Morgan fingerprint density at radius 3 is 2.30 bits per heavy atom. The van der Waals surface area contributed by atoms with Gasteiger partial charge >= 0.3 is 0 Å². The monoisotopic (exact) mass is 622 g/mol. The van der Waals surface area contributed by atoms with Crippen LogP contribution in [0.3, 0.4) is 0 Å². The summed E-state index contributed by atoms with van der Waals surface area (Å²) in [6.45, 7) is 4.51. The largest absolute Gasteiger partial charge is 0.493 e. The lowest BCUT2D eigenvalue weighted by Gasteiger charge is -2.39. The van der Waals surface area contributed by atoms with Crippen LogP contribution in [0.1, 0.15) is 59.1 Å². The molecule has 8 heteroatoms. The maximum atomic E-state index is 11.4. The quantitative estimate of drug-likeness (QED) is 0.221.